The zero-order valence-corrected chi connectivity index (χ0v) is 51.0. The van der Waals surface area contributed by atoms with Crippen molar-refractivity contribution in [1.82, 2.24) is 34.9 Å². The molecule has 18 nitrogen and oxygen atoms in total. The van der Waals surface area contributed by atoms with Crippen LogP contribution in [-0.2, 0) is 43.9 Å². The minimum atomic E-state index is -1.39. The van der Waals surface area contributed by atoms with Gasteiger partial charge in [0.15, 0.2) is 10.8 Å². The summed E-state index contributed by atoms with van der Waals surface area (Å²) in [6.07, 6.45) is 6.87. The van der Waals surface area contributed by atoms with E-state index >= 15 is 0 Å². The molecule has 1 unspecified atom stereocenters. The first-order valence-corrected chi connectivity index (χ1v) is 33.5. The highest BCUT2D eigenvalue weighted by Crippen LogP contribution is 2.37. The molecule has 4 amide bonds. The van der Waals surface area contributed by atoms with Gasteiger partial charge in [-0.3, -0.25) is 44.0 Å². The van der Waals surface area contributed by atoms with E-state index in [1.807, 2.05) is 114 Å². The minimum Gasteiger partial charge on any atom is -0.491 e. The molecular weight excluding hydrogens is 1080 g/mol. The Morgan fingerprint density at radius 3 is 2.45 bits per heavy atom. The SMILES string of the molecule is Cc1cc(O[C@@H](C)CCC2CCN(CC(=O)Nc3ccc4c(C5CCC(=O)NC5=O)nn(C)c4c3)CC2)ccc1-c1ccc(N2CCc3ccnc(C(=O)N(COCC[Si](C)(C)C)c4nc5ccccc5s4)c3C2)nc1C(=O)OC(C)(C)C. The van der Waals surface area contributed by atoms with Crippen LogP contribution in [0.15, 0.2) is 85.1 Å². The molecule has 436 valence electrons. The number of hydrogen-bond donors (Lipinski definition) is 2. The van der Waals surface area contributed by atoms with E-state index in [4.69, 9.17) is 29.2 Å². The number of carbonyl (C=O) groups is 5. The number of anilines is 3. The van der Waals surface area contributed by atoms with Crippen LogP contribution in [0.2, 0.25) is 25.7 Å². The fourth-order valence-corrected chi connectivity index (χ4v) is 12.9. The lowest BCUT2D eigenvalue weighted by molar-refractivity contribution is -0.134. The van der Waals surface area contributed by atoms with E-state index in [0.29, 0.717) is 78.6 Å². The number of nitrogens with one attached hydrogen (secondary N) is 2. The summed E-state index contributed by atoms with van der Waals surface area (Å²) < 4.78 is 21.4. The molecule has 2 saturated heterocycles. The molecule has 0 saturated carbocycles. The summed E-state index contributed by atoms with van der Waals surface area (Å²) in [6.45, 7) is 20.1. The Bertz CT molecular complexity index is 3550. The van der Waals surface area contributed by atoms with Crippen molar-refractivity contribution in [3.05, 3.63) is 119 Å². The first-order valence-electron chi connectivity index (χ1n) is 28.9. The zero-order valence-electron chi connectivity index (χ0n) is 49.2. The Morgan fingerprint density at radius 1 is 0.916 bits per heavy atom. The number of ether oxygens (including phenoxy) is 3. The van der Waals surface area contributed by atoms with Gasteiger partial charge in [-0.05, 0) is 176 Å². The molecule has 0 spiro atoms. The number of esters is 1. The molecule has 7 aromatic rings. The fourth-order valence-electron chi connectivity index (χ4n) is 11.2. The molecule has 0 aliphatic carbocycles. The molecule has 0 bridgehead atoms. The van der Waals surface area contributed by atoms with Crippen molar-refractivity contribution in [3.63, 3.8) is 0 Å². The van der Waals surface area contributed by atoms with Gasteiger partial charge in [0.25, 0.3) is 5.91 Å². The number of para-hydroxylation sites is 1. The van der Waals surface area contributed by atoms with Gasteiger partial charge in [0, 0.05) is 69.6 Å². The van der Waals surface area contributed by atoms with Crippen LogP contribution >= 0.6 is 11.3 Å². The molecule has 2 N–H and O–H groups in total. The quantitative estimate of drug-likeness (QED) is 0.0254. The Kier molecular flexibility index (Phi) is 17.6. The van der Waals surface area contributed by atoms with E-state index in [0.717, 1.165) is 93.9 Å². The van der Waals surface area contributed by atoms with Crippen LogP contribution in [0.4, 0.5) is 16.6 Å². The van der Waals surface area contributed by atoms with Gasteiger partial charge >= 0.3 is 5.97 Å². The predicted molar refractivity (Wildman–Crippen MR) is 327 cm³/mol. The monoisotopic (exact) mass is 1160 g/mol. The summed E-state index contributed by atoms with van der Waals surface area (Å²) in [4.78, 5) is 87.1. The van der Waals surface area contributed by atoms with Gasteiger partial charge in [-0.1, -0.05) is 49.2 Å². The number of fused-ring (bicyclic) bond motifs is 3. The van der Waals surface area contributed by atoms with Crippen LogP contribution in [0.1, 0.15) is 115 Å². The van der Waals surface area contributed by atoms with E-state index < -0.39 is 25.6 Å². The second kappa shape index (κ2) is 24.8. The van der Waals surface area contributed by atoms with Gasteiger partial charge in [0.2, 0.25) is 17.7 Å². The summed E-state index contributed by atoms with van der Waals surface area (Å²) in [5.41, 5.74) is 6.92. The molecule has 3 aliphatic heterocycles. The number of likely N-dealkylation sites (tertiary alicyclic amines) is 1. The molecule has 2 fully saturated rings. The first kappa shape index (κ1) is 58.8. The lowest BCUT2D eigenvalue weighted by Gasteiger charge is -2.32. The maximum absolute atomic E-state index is 14.8. The van der Waals surface area contributed by atoms with Gasteiger partial charge in [-0.15, -0.1) is 0 Å². The van der Waals surface area contributed by atoms with Crippen molar-refractivity contribution >= 4 is 86.8 Å². The molecule has 20 heteroatoms. The number of pyridine rings is 2. The Labute approximate surface area is 490 Å². The second-order valence-corrected chi connectivity index (χ2v) is 31.2. The summed E-state index contributed by atoms with van der Waals surface area (Å²) in [5.74, 6) is -0.136. The Hall–Kier alpha value is -7.39. The normalized spacial score (nSPS) is 16.6. The molecule has 7 heterocycles. The number of amides is 4. The van der Waals surface area contributed by atoms with Gasteiger partial charge < -0.3 is 24.4 Å². The number of imide groups is 1. The molecule has 10 rings (SSSR count). The van der Waals surface area contributed by atoms with Gasteiger partial charge in [-0.25, -0.2) is 14.8 Å². The van der Waals surface area contributed by atoms with E-state index in [-0.39, 0.29) is 48.6 Å². The van der Waals surface area contributed by atoms with E-state index in [1.165, 1.54) is 11.3 Å². The minimum absolute atomic E-state index is 0.0384. The van der Waals surface area contributed by atoms with Gasteiger partial charge in [0.05, 0.1) is 40.0 Å². The summed E-state index contributed by atoms with van der Waals surface area (Å²) in [5, 5.41) is 11.5. The van der Waals surface area contributed by atoms with Crippen molar-refractivity contribution in [2.45, 2.75) is 129 Å². The Balaban J connectivity index is 0.758. The zero-order chi connectivity index (χ0) is 58.7. The molecule has 4 aromatic heterocycles. The van der Waals surface area contributed by atoms with Crippen LogP contribution in [0.3, 0.4) is 0 Å². The van der Waals surface area contributed by atoms with E-state index in [9.17, 15) is 24.0 Å². The highest BCUT2D eigenvalue weighted by Gasteiger charge is 2.34. The van der Waals surface area contributed by atoms with Crippen molar-refractivity contribution in [1.29, 1.82) is 0 Å². The number of benzene rings is 3. The number of nitrogens with zero attached hydrogens (tertiary/aromatic N) is 8. The van der Waals surface area contributed by atoms with Crippen LogP contribution in [0, 0.1) is 12.8 Å². The molecule has 2 atom stereocenters. The van der Waals surface area contributed by atoms with Crippen LogP contribution in [0.5, 0.6) is 5.75 Å². The molecule has 3 aliphatic rings. The number of aromatic nitrogens is 5. The molecular formula is C63H76N10O8SSi. The van der Waals surface area contributed by atoms with Crippen LogP contribution in [-0.4, -0.2) is 119 Å². The third-order valence-corrected chi connectivity index (χ3v) is 18.5. The molecule has 83 heavy (non-hydrogen) atoms. The predicted octanol–water partition coefficient (Wildman–Crippen LogP) is 10.8. The summed E-state index contributed by atoms with van der Waals surface area (Å²) in [7, 11) is 0.427. The van der Waals surface area contributed by atoms with Crippen molar-refractivity contribution in [2.75, 3.05) is 54.6 Å². The van der Waals surface area contributed by atoms with Gasteiger partial charge in [-0.2, -0.15) is 5.10 Å². The smallest absolute Gasteiger partial charge is 0.358 e. The van der Waals surface area contributed by atoms with E-state index in [1.54, 1.807) is 15.8 Å². The van der Waals surface area contributed by atoms with Crippen LogP contribution < -0.4 is 25.2 Å². The first-order chi connectivity index (χ1) is 39.6. The average Bonchev–Trinajstić information content (AvgIpc) is 2.84. The standard InChI is InChI=1S/C63H76N10O8SSi/c1-39-34-44(80-40(2)14-15-41-25-29-71(30-26-41)37-55(75)65-43-16-18-47-51(35-43)70(6)69-56(47)48-21-23-54(74)68-59(48)76)17-19-45(39)46-20-22-53(67-58(46)61(78)81-63(3,4)5)72-31-27-42-24-28-64-57(49(42)36-72)60(77)73(38-79-32-33-83(7,8)9)62-66-50-12-10-11-13-52(50)82-62/h10-13,16-20,22,24,28,34-35,40-41,48H,14-15,21,23,25-27,29-33,36-38H2,1-9H3,(H,65,75)(H,68,74,76)/t40-,48?/m0/s1. The average molecular weight is 1160 g/mol. The van der Waals surface area contributed by atoms with Crippen molar-refractivity contribution in [3.8, 4) is 16.9 Å². The van der Waals surface area contributed by atoms with E-state index in [2.05, 4.69) is 52.1 Å². The van der Waals surface area contributed by atoms with Crippen molar-refractivity contribution < 1.29 is 38.2 Å². The topological polar surface area (TPSA) is 203 Å². The maximum atomic E-state index is 14.8. The second-order valence-electron chi connectivity index (χ2n) is 24.6. The fraction of sp³-hybridized carbons (Fsp3) is 0.444. The number of rotatable bonds is 19. The highest BCUT2D eigenvalue weighted by molar-refractivity contribution is 7.22. The molecule has 0 radical (unpaired) electrons. The van der Waals surface area contributed by atoms with Crippen molar-refractivity contribution in [2.24, 2.45) is 13.0 Å². The molecule has 3 aromatic carbocycles. The summed E-state index contributed by atoms with van der Waals surface area (Å²) in [6, 6.07) is 26.2. The lowest BCUT2D eigenvalue weighted by atomic mass is 9.91. The number of hydrogen-bond acceptors (Lipinski definition) is 15. The number of carbonyl (C=O) groups excluding carboxylic acids is 5. The number of aryl methyl sites for hydroxylation is 2. The number of piperidine rings is 2. The highest BCUT2D eigenvalue weighted by atomic mass is 32.1. The largest absolute Gasteiger partial charge is 0.491 e. The maximum Gasteiger partial charge on any atom is 0.358 e. The van der Waals surface area contributed by atoms with Crippen LogP contribution in [0.25, 0.3) is 32.2 Å². The number of thiazole rings is 1. The lowest BCUT2D eigenvalue weighted by Crippen LogP contribution is -2.39. The third kappa shape index (κ3) is 14.2. The Morgan fingerprint density at radius 2 is 1.70 bits per heavy atom. The third-order valence-electron chi connectivity index (χ3n) is 15.7. The van der Waals surface area contributed by atoms with Gasteiger partial charge in [0.1, 0.15) is 29.6 Å². The summed E-state index contributed by atoms with van der Waals surface area (Å²) >= 11 is 1.45.